The lowest BCUT2D eigenvalue weighted by atomic mass is 9.91. The highest BCUT2D eigenvalue weighted by molar-refractivity contribution is 7.13. The number of ether oxygens (including phenoxy) is 1. The van der Waals surface area contributed by atoms with Gasteiger partial charge in [-0.2, -0.15) is 0 Å². The van der Waals surface area contributed by atoms with Crippen LogP contribution in [0.3, 0.4) is 0 Å². The van der Waals surface area contributed by atoms with Gasteiger partial charge < -0.3 is 29.5 Å². The van der Waals surface area contributed by atoms with Crippen molar-refractivity contribution < 1.29 is 24.0 Å². The fourth-order valence-corrected chi connectivity index (χ4v) is 10.0. The zero-order valence-electron chi connectivity index (χ0n) is 31.4. The molecule has 4 aliphatic heterocycles. The van der Waals surface area contributed by atoms with Crippen LogP contribution in [0.1, 0.15) is 102 Å². The third-order valence-corrected chi connectivity index (χ3v) is 13.2. The molecule has 7 rings (SSSR count). The normalized spacial score (nSPS) is 26.9. The maximum atomic E-state index is 14.1. The first kappa shape index (κ1) is 37.0. The van der Waals surface area contributed by atoms with Crippen LogP contribution < -0.4 is 10.1 Å². The first-order valence-corrected chi connectivity index (χ1v) is 20.2. The van der Waals surface area contributed by atoms with Crippen LogP contribution in [0.25, 0.3) is 10.4 Å². The van der Waals surface area contributed by atoms with E-state index in [0.717, 1.165) is 60.2 Å². The molecule has 0 radical (unpaired) electrons. The third-order valence-electron chi connectivity index (χ3n) is 12.2. The van der Waals surface area contributed by atoms with Gasteiger partial charge in [0.05, 0.1) is 34.8 Å². The van der Waals surface area contributed by atoms with E-state index >= 15 is 0 Å². The number of thiazole rings is 1. The molecule has 2 aromatic heterocycles. The third kappa shape index (κ3) is 7.81. The number of β-amino-alcohol motifs (C(OH)–C–C–N with tert-alkyl or cyclic N) is 1. The molecular weight excluding hydrogens is 677 g/mol. The molecule has 0 aliphatic carbocycles. The van der Waals surface area contributed by atoms with Crippen molar-refractivity contribution in [3.8, 4) is 16.3 Å². The van der Waals surface area contributed by atoms with E-state index in [1.807, 2.05) is 57.5 Å². The second-order valence-corrected chi connectivity index (χ2v) is 17.2. The zero-order chi connectivity index (χ0) is 36.6. The highest BCUT2D eigenvalue weighted by atomic mass is 32.1. The molecule has 2 N–H and O–H groups in total. The molecule has 52 heavy (non-hydrogen) atoms. The first-order chi connectivity index (χ1) is 25.0. The fourth-order valence-electron chi connectivity index (χ4n) is 9.24. The van der Waals surface area contributed by atoms with Gasteiger partial charge in [0.1, 0.15) is 12.0 Å². The summed E-state index contributed by atoms with van der Waals surface area (Å²) in [5.41, 5.74) is 5.19. The minimum atomic E-state index is -0.789. The Kier molecular flexibility index (Phi) is 11.1. The summed E-state index contributed by atoms with van der Waals surface area (Å²) in [5, 5.41) is 17.9. The number of carbonyl (C=O) groups is 2. The maximum absolute atomic E-state index is 14.1. The summed E-state index contributed by atoms with van der Waals surface area (Å²) in [6.07, 6.45) is 6.95. The number of benzene rings is 1. The molecule has 1 aromatic carbocycles. The molecular formula is C40H56N6O5S. The summed E-state index contributed by atoms with van der Waals surface area (Å²) >= 11 is 1.60. The van der Waals surface area contributed by atoms with Crippen LogP contribution in [0.2, 0.25) is 0 Å². The molecule has 0 bridgehead atoms. The minimum Gasteiger partial charge on any atom is -0.475 e. The van der Waals surface area contributed by atoms with Crippen molar-refractivity contribution in [1.29, 1.82) is 0 Å². The molecule has 2 unspecified atom stereocenters. The summed E-state index contributed by atoms with van der Waals surface area (Å²) < 4.78 is 11.9. The Hall–Kier alpha value is -3.32. The van der Waals surface area contributed by atoms with Crippen molar-refractivity contribution in [2.75, 3.05) is 39.3 Å². The molecule has 2 amide bonds. The number of aliphatic hydroxyl groups excluding tert-OH is 1. The number of nitrogens with zero attached hydrogens (tertiary/aromatic N) is 5. The van der Waals surface area contributed by atoms with Crippen LogP contribution in [-0.2, 0) is 9.59 Å². The average molecular weight is 733 g/mol. The van der Waals surface area contributed by atoms with Gasteiger partial charge in [-0.05, 0) is 107 Å². The molecule has 0 saturated carbocycles. The van der Waals surface area contributed by atoms with Gasteiger partial charge in [-0.25, -0.2) is 4.98 Å². The second-order valence-electron chi connectivity index (χ2n) is 16.4. The van der Waals surface area contributed by atoms with Crippen LogP contribution in [0.5, 0.6) is 5.88 Å². The summed E-state index contributed by atoms with van der Waals surface area (Å²) in [7, 11) is 0. The smallest absolute Gasteiger partial charge is 0.254 e. The average Bonchev–Trinajstić information content (AvgIpc) is 3.97. The topological polar surface area (TPSA) is 124 Å². The van der Waals surface area contributed by atoms with Gasteiger partial charge in [-0.3, -0.25) is 14.5 Å². The summed E-state index contributed by atoms with van der Waals surface area (Å²) in [4.78, 5) is 40.2. The van der Waals surface area contributed by atoms with Crippen molar-refractivity contribution in [3.63, 3.8) is 0 Å². The van der Waals surface area contributed by atoms with Crippen LogP contribution in [0, 0.1) is 18.8 Å². The summed E-state index contributed by atoms with van der Waals surface area (Å²) in [6.45, 7) is 15.6. The Balaban J connectivity index is 0.922. The van der Waals surface area contributed by atoms with Crippen LogP contribution in [0.15, 0.2) is 40.4 Å². The molecule has 11 nitrogen and oxygen atoms in total. The number of nitrogens with one attached hydrogen (secondary N) is 1. The van der Waals surface area contributed by atoms with Crippen molar-refractivity contribution >= 4 is 23.2 Å². The molecule has 3 aromatic rings. The number of amides is 2. The number of hydrogen-bond acceptors (Lipinski definition) is 10. The van der Waals surface area contributed by atoms with Gasteiger partial charge in [-0.15, -0.1) is 11.3 Å². The summed E-state index contributed by atoms with van der Waals surface area (Å²) in [5.74, 6) is -0.0849. The van der Waals surface area contributed by atoms with Gasteiger partial charge in [-0.1, -0.05) is 38.1 Å². The van der Waals surface area contributed by atoms with Crippen molar-refractivity contribution in [2.45, 2.75) is 115 Å². The predicted octanol–water partition coefficient (Wildman–Crippen LogP) is 5.79. The van der Waals surface area contributed by atoms with E-state index in [0.29, 0.717) is 29.7 Å². The van der Waals surface area contributed by atoms with Crippen molar-refractivity contribution in [2.24, 2.45) is 11.8 Å². The summed E-state index contributed by atoms with van der Waals surface area (Å²) in [6, 6.07) is 9.56. The van der Waals surface area contributed by atoms with E-state index in [1.54, 1.807) is 17.4 Å². The molecule has 282 valence electrons. The standard InChI is InChI=1S/C40H56N6O5S/c1-25(2)36(34-20-35(43-51-34)50-22-28-13-17-44(18-14-28)23-40(5)15-12-31-7-6-16-46(31)40)39(49)45-21-32(47)19-33(45)38(48)42-26(3)29-8-10-30(11-9-29)37-27(4)41-24-52-37/h8-11,20,24-26,28,31-33,36,47H,6-7,12-19,21-23H2,1-5H3,(H,42,48)/t26-,31?,32+,33-,36-,40?/m0/s1. The van der Waals surface area contributed by atoms with Gasteiger partial charge in [0.15, 0.2) is 5.76 Å². The quantitative estimate of drug-likeness (QED) is 0.238. The number of aryl methyl sites for hydroxylation is 1. The Bertz CT molecular complexity index is 1680. The number of fused-ring (bicyclic) bond motifs is 1. The number of hydrogen-bond donors (Lipinski definition) is 2. The maximum Gasteiger partial charge on any atom is 0.254 e. The first-order valence-electron chi connectivity index (χ1n) is 19.4. The number of rotatable bonds is 12. The van der Waals surface area contributed by atoms with E-state index in [-0.39, 0.29) is 36.7 Å². The highest BCUT2D eigenvalue weighted by Crippen LogP contribution is 2.41. The van der Waals surface area contributed by atoms with E-state index in [4.69, 9.17) is 9.26 Å². The van der Waals surface area contributed by atoms with Crippen molar-refractivity contribution in [3.05, 3.63) is 52.9 Å². The number of carbonyl (C=O) groups excluding carboxylic acids is 2. The number of aliphatic hydroxyl groups is 1. The molecule has 12 heteroatoms. The number of likely N-dealkylation sites (tertiary alicyclic amines) is 2. The number of piperidine rings is 1. The molecule has 6 atom stereocenters. The SMILES string of the molecule is Cc1ncsc1-c1ccc([C@H](C)NC(=O)[C@@H]2C[C@@H](O)CN2C(=O)[C@H](c2cc(OCC3CCN(CC4(C)CCC5CCCN54)CC3)no2)C(C)C)cc1. The Labute approximate surface area is 312 Å². The van der Waals surface area contributed by atoms with E-state index in [1.165, 1.54) is 37.1 Å². The van der Waals surface area contributed by atoms with Crippen LogP contribution >= 0.6 is 11.3 Å². The Morgan fingerprint density at radius 1 is 1.12 bits per heavy atom. The highest BCUT2D eigenvalue weighted by Gasteiger charge is 2.46. The Morgan fingerprint density at radius 2 is 1.88 bits per heavy atom. The zero-order valence-corrected chi connectivity index (χ0v) is 32.2. The Morgan fingerprint density at radius 3 is 2.60 bits per heavy atom. The van der Waals surface area contributed by atoms with Gasteiger partial charge >= 0.3 is 0 Å². The second kappa shape index (κ2) is 15.6. The monoisotopic (exact) mass is 732 g/mol. The largest absolute Gasteiger partial charge is 0.475 e. The lowest BCUT2D eigenvalue weighted by molar-refractivity contribution is -0.141. The number of aromatic nitrogens is 2. The lowest BCUT2D eigenvalue weighted by Gasteiger charge is -2.41. The lowest BCUT2D eigenvalue weighted by Crippen LogP contribution is -2.52. The molecule has 0 spiro atoms. The van der Waals surface area contributed by atoms with E-state index < -0.39 is 18.1 Å². The van der Waals surface area contributed by atoms with Gasteiger partial charge in [0.25, 0.3) is 5.88 Å². The van der Waals surface area contributed by atoms with E-state index in [9.17, 15) is 14.7 Å². The van der Waals surface area contributed by atoms with Crippen LogP contribution in [0.4, 0.5) is 0 Å². The van der Waals surface area contributed by atoms with Crippen LogP contribution in [-0.4, -0.2) is 105 Å². The molecule has 6 heterocycles. The molecule has 4 saturated heterocycles. The van der Waals surface area contributed by atoms with Gasteiger partial charge in [0, 0.05) is 37.2 Å². The fraction of sp³-hybridized carbons (Fsp3) is 0.650. The van der Waals surface area contributed by atoms with E-state index in [2.05, 4.69) is 32.2 Å². The predicted molar refractivity (Wildman–Crippen MR) is 201 cm³/mol. The van der Waals surface area contributed by atoms with Crippen molar-refractivity contribution in [1.82, 2.24) is 30.2 Å². The minimum absolute atomic E-state index is 0.0887. The molecule has 4 fully saturated rings. The molecule has 4 aliphatic rings. The van der Waals surface area contributed by atoms with Gasteiger partial charge in [0.2, 0.25) is 11.8 Å².